The van der Waals surface area contributed by atoms with Crippen molar-refractivity contribution in [2.75, 3.05) is 13.1 Å². The Morgan fingerprint density at radius 1 is 1.45 bits per heavy atom. The monoisotopic (exact) mass is 386 g/mol. The molecule has 0 amide bonds. The average Bonchev–Trinajstić information content (AvgIpc) is 2.32. The van der Waals surface area contributed by atoms with Gasteiger partial charge in [0.15, 0.2) is 0 Å². The Morgan fingerprint density at radius 3 is 2.65 bits per heavy atom. The fraction of sp³-hybridized carbons (Fsp3) is 0.500. The Labute approximate surface area is 133 Å². The van der Waals surface area contributed by atoms with Crippen molar-refractivity contribution in [2.24, 2.45) is 11.7 Å². The van der Waals surface area contributed by atoms with Crippen LogP contribution in [0.1, 0.15) is 13.3 Å². The van der Waals surface area contributed by atoms with Gasteiger partial charge >= 0.3 is 0 Å². The number of piperidine rings is 1. The van der Waals surface area contributed by atoms with Crippen LogP contribution in [0.5, 0.6) is 0 Å². The van der Waals surface area contributed by atoms with Crippen LogP contribution in [-0.2, 0) is 10.0 Å². The molecule has 8 heteroatoms. The van der Waals surface area contributed by atoms with Crippen LogP contribution in [0.25, 0.3) is 0 Å². The molecule has 1 fully saturated rings. The first kappa shape index (κ1) is 17.8. The van der Waals surface area contributed by atoms with E-state index in [9.17, 15) is 12.8 Å². The van der Waals surface area contributed by atoms with E-state index in [-0.39, 0.29) is 33.7 Å². The van der Waals surface area contributed by atoms with Gasteiger partial charge < -0.3 is 5.73 Å². The highest BCUT2D eigenvalue weighted by Gasteiger charge is 2.33. The Hall–Kier alpha value is -0.210. The summed E-state index contributed by atoms with van der Waals surface area (Å²) in [6, 6.07) is 3.62. The summed E-state index contributed by atoms with van der Waals surface area (Å²) in [5, 5.41) is 0. The van der Waals surface area contributed by atoms with Crippen molar-refractivity contribution in [3.63, 3.8) is 0 Å². The molecular formula is C12H17BrClFN2O2S. The molecular weight excluding hydrogens is 371 g/mol. The average molecular weight is 388 g/mol. The summed E-state index contributed by atoms with van der Waals surface area (Å²) < 4.78 is 39.7. The molecule has 2 N–H and O–H groups in total. The molecule has 2 atom stereocenters. The third-order valence-corrected chi connectivity index (χ3v) is 6.29. The van der Waals surface area contributed by atoms with Gasteiger partial charge in [-0.15, -0.1) is 12.4 Å². The van der Waals surface area contributed by atoms with E-state index in [2.05, 4.69) is 15.9 Å². The second-order valence-electron chi connectivity index (χ2n) is 4.87. The summed E-state index contributed by atoms with van der Waals surface area (Å²) in [7, 11) is -3.60. The van der Waals surface area contributed by atoms with Crippen LogP contribution in [0.3, 0.4) is 0 Å². The number of nitrogens with zero attached hydrogens (tertiary/aromatic N) is 1. The number of sulfonamides is 1. The second kappa shape index (κ2) is 6.70. The smallest absolute Gasteiger partial charge is 0.244 e. The maximum absolute atomic E-state index is 13.0. The zero-order chi connectivity index (χ0) is 14.2. The van der Waals surface area contributed by atoms with Crippen LogP contribution >= 0.6 is 28.3 Å². The normalized spacial score (nSPS) is 24.2. The molecule has 1 aliphatic heterocycles. The molecule has 0 radical (unpaired) electrons. The summed E-state index contributed by atoms with van der Waals surface area (Å²) in [6.07, 6.45) is 0.638. The third-order valence-electron chi connectivity index (χ3n) is 3.45. The van der Waals surface area contributed by atoms with Crippen molar-refractivity contribution < 1.29 is 12.8 Å². The highest BCUT2D eigenvalue weighted by molar-refractivity contribution is 9.10. The van der Waals surface area contributed by atoms with E-state index < -0.39 is 15.8 Å². The standard InChI is InChI=1S/C12H16BrFN2O2S.ClH/c1-8-7-16(5-4-11(8)15)19(17,18)12-3-2-9(14)6-10(12)13;/h2-3,6,8,11H,4-5,7,15H2,1H3;1H. The van der Waals surface area contributed by atoms with E-state index in [0.29, 0.717) is 19.5 Å². The lowest BCUT2D eigenvalue weighted by molar-refractivity contribution is 0.250. The zero-order valence-corrected chi connectivity index (χ0v) is 14.1. The highest BCUT2D eigenvalue weighted by atomic mass is 79.9. The van der Waals surface area contributed by atoms with Gasteiger partial charge in [-0.05, 0) is 46.5 Å². The van der Waals surface area contributed by atoms with Gasteiger partial charge in [0, 0.05) is 23.6 Å². The van der Waals surface area contributed by atoms with Gasteiger partial charge in [-0.2, -0.15) is 4.31 Å². The topological polar surface area (TPSA) is 63.4 Å². The Balaban J connectivity index is 0.00000200. The van der Waals surface area contributed by atoms with Gasteiger partial charge in [-0.1, -0.05) is 6.92 Å². The number of nitrogens with two attached hydrogens (primary N) is 1. The van der Waals surface area contributed by atoms with Crippen LogP contribution < -0.4 is 5.73 Å². The van der Waals surface area contributed by atoms with Crippen molar-refractivity contribution in [2.45, 2.75) is 24.3 Å². The van der Waals surface area contributed by atoms with Gasteiger partial charge in [0.25, 0.3) is 0 Å². The van der Waals surface area contributed by atoms with E-state index in [1.165, 1.54) is 10.4 Å². The first-order valence-corrected chi connectivity index (χ1v) is 8.26. The minimum atomic E-state index is -3.60. The first-order chi connectivity index (χ1) is 8.82. The molecule has 114 valence electrons. The summed E-state index contributed by atoms with van der Waals surface area (Å²) in [5.74, 6) is -0.359. The molecule has 1 heterocycles. The Morgan fingerprint density at radius 2 is 2.10 bits per heavy atom. The predicted octanol–water partition coefficient (Wildman–Crippen LogP) is 2.37. The van der Waals surface area contributed by atoms with Gasteiger partial charge in [0.2, 0.25) is 10.0 Å². The predicted molar refractivity (Wildman–Crippen MR) is 81.9 cm³/mol. The molecule has 1 aromatic rings. The largest absolute Gasteiger partial charge is 0.327 e. The van der Waals surface area contributed by atoms with Crippen LogP contribution in [0.15, 0.2) is 27.6 Å². The maximum Gasteiger partial charge on any atom is 0.244 e. The van der Waals surface area contributed by atoms with Gasteiger partial charge in [-0.25, -0.2) is 12.8 Å². The van der Waals surface area contributed by atoms with E-state index in [0.717, 1.165) is 12.1 Å². The summed E-state index contributed by atoms with van der Waals surface area (Å²) in [5.41, 5.74) is 5.89. The Kier molecular flexibility index (Phi) is 5.98. The fourth-order valence-electron chi connectivity index (χ4n) is 2.17. The van der Waals surface area contributed by atoms with Crippen LogP contribution in [0, 0.1) is 11.7 Å². The van der Waals surface area contributed by atoms with Crippen molar-refractivity contribution in [1.29, 1.82) is 0 Å². The molecule has 0 spiro atoms. The van der Waals surface area contributed by atoms with Gasteiger partial charge in [0.1, 0.15) is 5.82 Å². The lowest BCUT2D eigenvalue weighted by Gasteiger charge is -2.34. The van der Waals surface area contributed by atoms with Gasteiger partial charge in [-0.3, -0.25) is 0 Å². The van der Waals surface area contributed by atoms with Crippen LogP contribution in [0.2, 0.25) is 0 Å². The van der Waals surface area contributed by atoms with E-state index >= 15 is 0 Å². The summed E-state index contributed by atoms with van der Waals surface area (Å²) >= 11 is 3.11. The number of hydrogen-bond acceptors (Lipinski definition) is 3. The molecule has 1 aliphatic rings. The van der Waals surface area contributed by atoms with Gasteiger partial charge in [0.05, 0.1) is 4.90 Å². The summed E-state index contributed by atoms with van der Waals surface area (Å²) in [4.78, 5) is 0.0940. The molecule has 1 saturated heterocycles. The van der Waals surface area contributed by atoms with E-state index in [1.807, 2.05) is 6.92 Å². The van der Waals surface area contributed by atoms with Crippen LogP contribution in [0.4, 0.5) is 4.39 Å². The molecule has 0 aromatic heterocycles. The number of hydrogen-bond donors (Lipinski definition) is 1. The molecule has 0 aliphatic carbocycles. The minimum absolute atomic E-state index is 0. The molecule has 0 bridgehead atoms. The Bertz CT molecular complexity index is 585. The lowest BCUT2D eigenvalue weighted by Crippen LogP contribution is -2.48. The van der Waals surface area contributed by atoms with E-state index in [1.54, 1.807) is 0 Å². The van der Waals surface area contributed by atoms with E-state index in [4.69, 9.17) is 5.73 Å². The number of benzene rings is 1. The SMILES string of the molecule is CC1CN(S(=O)(=O)c2ccc(F)cc2Br)CCC1N.Cl. The zero-order valence-electron chi connectivity index (χ0n) is 10.9. The van der Waals surface area contributed by atoms with Crippen molar-refractivity contribution in [3.05, 3.63) is 28.5 Å². The molecule has 4 nitrogen and oxygen atoms in total. The molecule has 2 unspecified atom stereocenters. The third kappa shape index (κ3) is 3.51. The fourth-order valence-corrected chi connectivity index (χ4v) is 4.73. The van der Waals surface area contributed by atoms with Crippen molar-refractivity contribution >= 4 is 38.4 Å². The minimum Gasteiger partial charge on any atom is -0.327 e. The molecule has 20 heavy (non-hydrogen) atoms. The first-order valence-electron chi connectivity index (χ1n) is 6.03. The molecule has 1 aromatic carbocycles. The van der Waals surface area contributed by atoms with Crippen LogP contribution in [-0.4, -0.2) is 31.9 Å². The highest BCUT2D eigenvalue weighted by Crippen LogP contribution is 2.28. The quantitative estimate of drug-likeness (QED) is 0.847. The number of rotatable bonds is 2. The summed E-state index contributed by atoms with van der Waals surface area (Å²) in [6.45, 7) is 2.73. The molecule has 2 rings (SSSR count). The lowest BCUT2D eigenvalue weighted by atomic mass is 9.96. The maximum atomic E-state index is 13.0. The molecule has 0 saturated carbocycles. The number of halogens is 3. The van der Waals surface area contributed by atoms with Crippen molar-refractivity contribution in [1.82, 2.24) is 4.31 Å². The van der Waals surface area contributed by atoms with Crippen molar-refractivity contribution in [3.8, 4) is 0 Å². The second-order valence-corrected chi connectivity index (χ2v) is 7.63.